The molecule has 0 aliphatic heterocycles. The zero-order chi connectivity index (χ0) is 30.1. The average Bonchev–Trinajstić information content (AvgIpc) is 2.66. The van der Waals surface area contributed by atoms with Gasteiger partial charge in [-0.05, 0) is 91.7 Å². The lowest BCUT2D eigenvalue weighted by atomic mass is 11.2. The molecule has 0 aromatic carbocycles. The summed E-state index contributed by atoms with van der Waals surface area (Å²) in [6.07, 6.45) is 3.00. The van der Waals surface area contributed by atoms with Crippen LogP contribution in [0, 0.1) is 0 Å². The highest BCUT2D eigenvalue weighted by atomic mass is 28.4. The topological polar surface area (TPSA) is 55.4 Å². The highest BCUT2D eigenvalue weighted by Crippen LogP contribution is 2.15. The van der Waals surface area contributed by atoms with Crippen LogP contribution in [0.2, 0.25) is 91.7 Å². The van der Waals surface area contributed by atoms with Crippen molar-refractivity contribution in [1.29, 1.82) is 0 Å². The van der Waals surface area contributed by atoms with E-state index in [1.54, 1.807) is 14.2 Å². The first-order valence-electron chi connectivity index (χ1n) is 12.1. The van der Waals surface area contributed by atoms with E-state index >= 15 is 0 Å². The summed E-state index contributed by atoms with van der Waals surface area (Å²) in [6.45, 7) is 43.8. The molecular formula is C24H60O6Si6. The van der Waals surface area contributed by atoms with Crippen molar-refractivity contribution in [3.8, 4) is 0 Å². The van der Waals surface area contributed by atoms with Crippen LogP contribution in [0.5, 0.6) is 0 Å². The second-order valence-electron chi connectivity index (χ2n) is 11.8. The van der Waals surface area contributed by atoms with E-state index < -0.39 is 50.4 Å². The minimum absolute atomic E-state index is 1.28. The van der Waals surface area contributed by atoms with Gasteiger partial charge in [0.1, 0.15) is 0 Å². The van der Waals surface area contributed by atoms with Crippen LogP contribution in [-0.4, -0.2) is 64.6 Å². The summed E-state index contributed by atoms with van der Waals surface area (Å²) in [6, 6.07) is 0. The van der Waals surface area contributed by atoms with Crippen LogP contribution in [-0.2, 0) is 25.9 Å². The fraction of sp³-hybridized carbons (Fsp3) is 0.667. The molecule has 0 aliphatic carbocycles. The van der Waals surface area contributed by atoms with Crippen molar-refractivity contribution in [2.24, 2.45) is 0 Å². The van der Waals surface area contributed by atoms with Crippen LogP contribution in [0.3, 0.4) is 0 Å². The van der Waals surface area contributed by atoms with Gasteiger partial charge in [-0.15, -0.1) is 13.2 Å². The predicted molar refractivity (Wildman–Crippen MR) is 176 cm³/mol. The van der Waals surface area contributed by atoms with Gasteiger partial charge < -0.3 is 25.9 Å². The monoisotopic (exact) mass is 612 g/mol. The summed E-state index contributed by atoms with van der Waals surface area (Å²) in [4.78, 5) is 0. The van der Waals surface area contributed by atoms with Gasteiger partial charge in [0.2, 0.25) is 16.6 Å². The van der Waals surface area contributed by atoms with Crippen molar-refractivity contribution < 1.29 is 25.9 Å². The fourth-order valence-corrected chi connectivity index (χ4v) is 14.9. The largest absolute Gasteiger partial charge is 0.550 e. The Labute approximate surface area is 231 Å². The molecule has 216 valence electrons. The first-order chi connectivity index (χ1) is 15.8. The summed E-state index contributed by atoms with van der Waals surface area (Å²) < 4.78 is 32.6. The number of hydrogen-bond acceptors (Lipinski definition) is 6. The summed E-state index contributed by atoms with van der Waals surface area (Å²) in [7, 11) is -6.04. The van der Waals surface area contributed by atoms with Crippen LogP contribution in [0.4, 0.5) is 0 Å². The molecule has 0 aromatic rings. The zero-order valence-corrected chi connectivity index (χ0v) is 32.6. The van der Waals surface area contributed by atoms with Gasteiger partial charge in [-0.2, -0.15) is 0 Å². The highest BCUT2D eigenvalue weighted by Gasteiger charge is 2.32. The van der Waals surface area contributed by atoms with Crippen LogP contribution >= 0.6 is 0 Å². The summed E-state index contributed by atoms with van der Waals surface area (Å²) >= 11 is 0. The molecule has 6 nitrogen and oxygen atoms in total. The SMILES string of the molecule is C=CO[Si](C)(C)C.C=CO[Si](C)(C)O[Si](C)(C)C.C=C[Si](C)(C)OC.C=C[Si](C)(C)O[Si](C)(C)OC. The van der Waals surface area contributed by atoms with Crippen LogP contribution in [0.1, 0.15) is 0 Å². The van der Waals surface area contributed by atoms with Gasteiger partial charge in [0.15, 0.2) is 16.6 Å². The Hall–Kier alpha value is -0.299. The molecule has 0 aromatic heterocycles. The van der Waals surface area contributed by atoms with Crippen molar-refractivity contribution in [1.82, 2.24) is 0 Å². The minimum Gasteiger partial charge on any atom is -0.550 e. The third-order valence-electron chi connectivity index (χ3n) is 3.87. The Morgan fingerprint density at radius 2 is 0.833 bits per heavy atom. The van der Waals surface area contributed by atoms with Gasteiger partial charge in [0, 0.05) is 14.2 Å². The summed E-state index contributed by atoms with van der Waals surface area (Å²) in [5.74, 6) is 0. The third-order valence-corrected chi connectivity index (χ3v) is 18.0. The number of rotatable bonds is 12. The van der Waals surface area contributed by atoms with Gasteiger partial charge >= 0.3 is 17.1 Å². The lowest BCUT2D eigenvalue weighted by Gasteiger charge is -2.29. The van der Waals surface area contributed by atoms with Gasteiger partial charge in [-0.1, -0.05) is 24.6 Å². The minimum atomic E-state index is -1.90. The molecule has 0 amide bonds. The standard InChI is InChI=1S/2C7H18O2Si2.2C5H12OSi/c1-7-8-11(5,6)9-10(2,3)4;1-7-10(3,4)9-11(5,6)8-2;1-5-6-7(2,3)4;1-5-7(3,4)6-2/h2*7H,1H2,2-6H3;2*5H,1H2,2-4H3. The van der Waals surface area contributed by atoms with Crippen molar-refractivity contribution in [3.05, 3.63) is 50.2 Å². The van der Waals surface area contributed by atoms with Crippen molar-refractivity contribution >= 4 is 50.4 Å². The quantitative estimate of drug-likeness (QED) is 0.163. The van der Waals surface area contributed by atoms with E-state index in [1.165, 1.54) is 12.5 Å². The molecule has 0 bridgehead atoms. The van der Waals surface area contributed by atoms with Gasteiger partial charge in [-0.25, -0.2) is 0 Å². The Balaban J connectivity index is -0.000000194. The Kier molecular flexibility index (Phi) is 22.4. The fourth-order valence-electron chi connectivity index (χ4n) is 2.01. The lowest BCUT2D eigenvalue weighted by Crippen LogP contribution is -2.44. The maximum Gasteiger partial charge on any atom is 0.381 e. The molecule has 0 heterocycles. The average molecular weight is 613 g/mol. The normalized spacial score (nSPS) is 12.2. The van der Waals surface area contributed by atoms with E-state index in [4.69, 9.17) is 25.9 Å². The summed E-state index contributed by atoms with van der Waals surface area (Å²) in [5, 5.41) is 0. The van der Waals surface area contributed by atoms with E-state index in [-0.39, 0.29) is 0 Å². The second-order valence-corrected chi connectivity index (χ2v) is 36.0. The molecule has 0 saturated carbocycles. The molecule has 0 spiro atoms. The summed E-state index contributed by atoms with van der Waals surface area (Å²) in [5.41, 5.74) is 3.84. The molecule has 0 unspecified atom stereocenters. The van der Waals surface area contributed by atoms with E-state index in [0.717, 1.165) is 0 Å². The molecule has 12 heteroatoms. The molecule has 0 atom stereocenters. The smallest absolute Gasteiger partial charge is 0.381 e. The molecule has 0 aliphatic rings. The highest BCUT2D eigenvalue weighted by molar-refractivity contribution is 6.85. The Bertz CT molecular complexity index is 624. The maximum absolute atomic E-state index is 5.86. The first-order valence-corrected chi connectivity index (χ1v) is 30.6. The molecule has 0 N–H and O–H groups in total. The van der Waals surface area contributed by atoms with Crippen molar-refractivity contribution in [2.75, 3.05) is 14.2 Å². The van der Waals surface area contributed by atoms with Gasteiger partial charge in [-0.3, -0.25) is 0 Å². The zero-order valence-electron chi connectivity index (χ0n) is 26.6. The van der Waals surface area contributed by atoms with Gasteiger partial charge in [0.25, 0.3) is 0 Å². The van der Waals surface area contributed by atoms with E-state index in [1.807, 2.05) is 37.6 Å². The first kappa shape index (κ1) is 42.8. The van der Waals surface area contributed by atoms with Crippen molar-refractivity contribution in [3.63, 3.8) is 0 Å². The third kappa shape index (κ3) is 35.9. The van der Waals surface area contributed by atoms with Gasteiger partial charge in [0.05, 0.1) is 12.5 Å². The van der Waals surface area contributed by atoms with Crippen LogP contribution in [0.15, 0.2) is 50.2 Å². The lowest BCUT2D eigenvalue weighted by molar-refractivity contribution is 0.313. The predicted octanol–water partition coefficient (Wildman–Crippen LogP) is 8.53. The Morgan fingerprint density at radius 1 is 0.444 bits per heavy atom. The molecule has 0 rings (SSSR count). The van der Waals surface area contributed by atoms with E-state index in [9.17, 15) is 0 Å². The van der Waals surface area contributed by atoms with Crippen molar-refractivity contribution in [2.45, 2.75) is 91.7 Å². The van der Waals surface area contributed by atoms with Crippen LogP contribution in [0.25, 0.3) is 0 Å². The molecule has 0 radical (unpaired) electrons. The molecule has 0 saturated heterocycles. The van der Waals surface area contributed by atoms with E-state index in [0.29, 0.717) is 0 Å². The second kappa shape index (κ2) is 18.9. The number of hydrogen-bond donors (Lipinski definition) is 0. The Morgan fingerprint density at radius 3 is 1.00 bits per heavy atom. The molecule has 36 heavy (non-hydrogen) atoms. The maximum atomic E-state index is 5.86. The van der Waals surface area contributed by atoms with E-state index in [2.05, 4.69) is 91.8 Å². The molecule has 0 fully saturated rings. The van der Waals surface area contributed by atoms with Crippen LogP contribution < -0.4 is 0 Å². The molecular weight excluding hydrogens is 553 g/mol.